The minimum atomic E-state index is -0.565. The molecule has 3 aromatic rings. The fourth-order valence-electron chi connectivity index (χ4n) is 2.54. The fraction of sp³-hybridized carbons (Fsp3) is 0.0476. The predicted octanol–water partition coefficient (Wildman–Crippen LogP) is 4.99. The van der Waals surface area contributed by atoms with Gasteiger partial charge in [-0.25, -0.2) is 4.39 Å². The van der Waals surface area contributed by atoms with Crippen LogP contribution in [-0.4, -0.2) is 18.9 Å². The third kappa shape index (κ3) is 4.47. The number of anilines is 2. The van der Waals surface area contributed by atoms with Gasteiger partial charge in [0.25, 0.3) is 11.8 Å². The summed E-state index contributed by atoms with van der Waals surface area (Å²) in [6, 6.07) is 16.8. The number of benzene rings is 3. The number of carbonyl (C=O) groups excluding carboxylic acids is 2. The van der Waals surface area contributed by atoms with Gasteiger partial charge in [0.2, 0.25) is 0 Å². The largest absolute Gasteiger partial charge is 0.496 e. The van der Waals surface area contributed by atoms with Gasteiger partial charge in [-0.15, -0.1) is 0 Å². The number of amides is 2. The van der Waals surface area contributed by atoms with Crippen molar-refractivity contribution in [2.24, 2.45) is 0 Å². The highest BCUT2D eigenvalue weighted by Gasteiger charge is 2.16. The van der Waals surface area contributed by atoms with Gasteiger partial charge in [0.15, 0.2) is 0 Å². The molecule has 3 rings (SSSR count). The average Bonchev–Trinajstić information content (AvgIpc) is 2.69. The van der Waals surface area contributed by atoms with Crippen molar-refractivity contribution in [2.45, 2.75) is 0 Å². The molecule has 0 unspecified atom stereocenters. The first-order valence-electron chi connectivity index (χ1n) is 8.29. The van der Waals surface area contributed by atoms with Gasteiger partial charge >= 0.3 is 0 Å². The monoisotopic (exact) mass is 398 g/mol. The Morgan fingerprint density at radius 2 is 1.50 bits per heavy atom. The molecule has 3 aromatic carbocycles. The first-order valence-corrected chi connectivity index (χ1v) is 8.66. The van der Waals surface area contributed by atoms with E-state index in [9.17, 15) is 14.0 Å². The van der Waals surface area contributed by atoms with Crippen molar-refractivity contribution < 1.29 is 18.7 Å². The molecule has 0 heterocycles. The van der Waals surface area contributed by atoms with E-state index in [4.69, 9.17) is 16.3 Å². The van der Waals surface area contributed by atoms with E-state index in [-0.39, 0.29) is 17.2 Å². The molecule has 28 heavy (non-hydrogen) atoms. The topological polar surface area (TPSA) is 67.4 Å². The van der Waals surface area contributed by atoms with Crippen LogP contribution in [0.1, 0.15) is 20.7 Å². The highest BCUT2D eigenvalue weighted by atomic mass is 35.5. The molecule has 0 bridgehead atoms. The molecule has 0 aromatic heterocycles. The standard InChI is InChI=1S/C21H16ClFN2O3/c1-28-19-11-10-15(23)12-16(19)21(27)25-18-5-3-2-4-17(18)24-20(26)13-6-8-14(22)9-7-13/h2-12H,1H3,(H,24,26)(H,25,27). The molecule has 0 aliphatic heterocycles. The summed E-state index contributed by atoms with van der Waals surface area (Å²) in [5.41, 5.74) is 1.21. The van der Waals surface area contributed by atoms with Crippen molar-refractivity contribution in [3.8, 4) is 5.75 Å². The minimum Gasteiger partial charge on any atom is -0.496 e. The van der Waals surface area contributed by atoms with Crippen molar-refractivity contribution in [3.63, 3.8) is 0 Å². The van der Waals surface area contributed by atoms with Crippen LogP contribution < -0.4 is 15.4 Å². The molecule has 0 aliphatic rings. The summed E-state index contributed by atoms with van der Waals surface area (Å²) in [6.45, 7) is 0. The van der Waals surface area contributed by atoms with E-state index in [1.54, 1.807) is 48.5 Å². The van der Waals surface area contributed by atoms with Gasteiger partial charge in [0, 0.05) is 10.6 Å². The Kier molecular flexibility index (Phi) is 5.91. The molecule has 0 radical (unpaired) electrons. The van der Waals surface area contributed by atoms with Crippen molar-refractivity contribution >= 4 is 34.8 Å². The number of ether oxygens (including phenoxy) is 1. The summed E-state index contributed by atoms with van der Waals surface area (Å²) >= 11 is 5.84. The SMILES string of the molecule is COc1ccc(F)cc1C(=O)Nc1ccccc1NC(=O)c1ccc(Cl)cc1. The Balaban J connectivity index is 1.82. The Morgan fingerprint density at radius 3 is 2.11 bits per heavy atom. The van der Waals surface area contributed by atoms with Crippen molar-refractivity contribution in [1.82, 2.24) is 0 Å². The van der Waals surface area contributed by atoms with Crippen molar-refractivity contribution in [3.05, 3.63) is 88.7 Å². The number of methoxy groups -OCH3 is 1. The summed E-state index contributed by atoms with van der Waals surface area (Å²) in [6.07, 6.45) is 0. The summed E-state index contributed by atoms with van der Waals surface area (Å²) in [5.74, 6) is -1.25. The maximum Gasteiger partial charge on any atom is 0.259 e. The van der Waals surface area contributed by atoms with Crippen LogP contribution in [0.5, 0.6) is 5.75 Å². The van der Waals surface area contributed by atoms with E-state index >= 15 is 0 Å². The molecule has 0 atom stereocenters. The first kappa shape index (κ1) is 19.4. The minimum absolute atomic E-state index is 0.0429. The Hall–Kier alpha value is -3.38. The maximum atomic E-state index is 13.5. The van der Waals surface area contributed by atoms with Crippen LogP contribution >= 0.6 is 11.6 Å². The van der Waals surface area contributed by atoms with E-state index in [1.807, 2.05) is 0 Å². The highest BCUT2D eigenvalue weighted by molar-refractivity contribution is 6.30. The van der Waals surface area contributed by atoms with Gasteiger partial charge in [-0.1, -0.05) is 23.7 Å². The smallest absolute Gasteiger partial charge is 0.259 e. The molecule has 7 heteroatoms. The number of rotatable bonds is 5. The number of nitrogens with one attached hydrogen (secondary N) is 2. The quantitative estimate of drug-likeness (QED) is 0.636. The molecule has 0 saturated heterocycles. The third-order valence-electron chi connectivity index (χ3n) is 3.94. The lowest BCUT2D eigenvalue weighted by Crippen LogP contribution is -2.17. The van der Waals surface area contributed by atoms with E-state index in [1.165, 1.54) is 19.2 Å². The second-order valence-electron chi connectivity index (χ2n) is 5.81. The Bertz CT molecular complexity index is 1020. The van der Waals surface area contributed by atoms with Crippen LogP contribution in [0.4, 0.5) is 15.8 Å². The number of carbonyl (C=O) groups is 2. The lowest BCUT2D eigenvalue weighted by Gasteiger charge is -2.14. The number of hydrogen-bond acceptors (Lipinski definition) is 3. The Morgan fingerprint density at radius 1 is 0.893 bits per heavy atom. The molecule has 2 amide bonds. The van der Waals surface area contributed by atoms with Crippen LogP contribution in [-0.2, 0) is 0 Å². The molecule has 142 valence electrons. The average molecular weight is 399 g/mol. The molecule has 2 N–H and O–H groups in total. The number of halogens is 2. The lowest BCUT2D eigenvalue weighted by atomic mass is 10.1. The van der Waals surface area contributed by atoms with Gasteiger partial charge in [-0.2, -0.15) is 0 Å². The number of para-hydroxylation sites is 2. The zero-order valence-electron chi connectivity index (χ0n) is 14.8. The Labute approximate surface area is 166 Å². The fourth-order valence-corrected chi connectivity index (χ4v) is 2.67. The zero-order valence-corrected chi connectivity index (χ0v) is 15.6. The molecule has 0 spiro atoms. The van der Waals surface area contributed by atoms with Crippen molar-refractivity contribution in [1.29, 1.82) is 0 Å². The first-order chi connectivity index (χ1) is 13.5. The van der Waals surface area contributed by atoms with E-state index in [0.29, 0.717) is 22.0 Å². The van der Waals surface area contributed by atoms with Crippen LogP contribution in [0.3, 0.4) is 0 Å². The number of hydrogen-bond donors (Lipinski definition) is 2. The molecular weight excluding hydrogens is 383 g/mol. The lowest BCUT2D eigenvalue weighted by molar-refractivity contribution is 0.101. The predicted molar refractivity (Wildman–Crippen MR) is 107 cm³/mol. The van der Waals surface area contributed by atoms with Gasteiger partial charge in [-0.3, -0.25) is 9.59 Å². The van der Waals surface area contributed by atoms with E-state index in [0.717, 1.165) is 6.07 Å². The summed E-state index contributed by atoms with van der Waals surface area (Å²) < 4.78 is 18.7. The highest BCUT2D eigenvalue weighted by Crippen LogP contribution is 2.25. The molecule has 0 fully saturated rings. The van der Waals surface area contributed by atoms with Gasteiger partial charge in [0.05, 0.1) is 24.0 Å². The van der Waals surface area contributed by atoms with Crippen LogP contribution in [0.2, 0.25) is 5.02 Å². The molecule has 0 saturated carbocycles. The molecular formula is C21H16ClFN2O3. The van der Waals surface area contributed by atoms with Crippen molar-refractivity contribution in [2.75, 3.05) is 17.7 Å². The van der Waals surface area contributed by atoms with E-state index in [2.05, 4.69) is 10.6 Å². The van der Waals surface area contributed by atoms with Gasteiger partial charge < -0.3 is 15.4 Å². The molecule has 0 aliphatic carbocycles. The second-order valence-corrected chi connectivity index (χ2v) is 6.24. The van der Waals surface area contributed by atoms with Gasteiger partial charge in [0.1, 0.15) is 11.6 Å². The van der Waals surface area contributed by atoms with E-state index < -0.39 is 11.7 Å². The zero-order chi connectivity index (χ0) is 20.1. The maximum absolute atomic E-state index is 13.5. The summed E-state index contributed by atoms with van der Waals surface area (Å²) in [5, 5.41) is 5.94. The normalized spacial score (nSPS) is 10.2. The van der Waals surface area contributed by atoms with Gasteiger partial charge in [-0.05, 0) is 54.6 Å². The summed E-state index contributed by atoms with van der Waals surface area (Å²) in [7, 11) is 1.39. The summed E-state index contributed by atoms with van der Waals surface area (Å²) in [4.78, 5) is 25.0. The van der Waals surface area contributed by atoms with Crippen LogP contribution in [0, 0.1) is 5.82 Å². The second kappa shape index (κ2) is 8.54. The molecule has 5 nitrogen and oxygen atoms in total. The van der Waals surface area contributed by atoms with Crippen LogP contribution in [0.15, 0.2) is 66.7 Å². The van der Waals surface area contributed by atoms with Crippen LogP contribution in [0.25, 0.3) is 0 Å². The third-order valence-corrected chi connectivity index (χ3v) is 4.19.